The van der Waals surface area contributed by atoms with Crippen LogP contribution in [0.2, 0.25) is 0 Å². The largest absolute Gasteiger partial charge is 0.236 e. The summed E-state index contributed by atoms with van der Waals surface area (Å²) in [6.07, 6.45) is 7.10. The second-order valence-corrected chi connectivity index (χ2v) is 6.90. The van der Waals surface area contributed by atoms with Crippen LogP contribution in [0.15, 0.2) is 29.6 Å². The van der Waals surface area contributed by atoms with Crippen LogP contribution in [0.4, 0.5) is 0 Å². The van der Waals surface area contributed by atoms with E-state index in [0.29, 0.717) is 0 Å². The third-order valence-corrected chi connectivity index (χ3v) is 5.17. The molecule has 2 nitrogen and oxygen atoms in total. The summed E-state index contributed by atoms with van der Waals surface area (Å²) in [5.74, 6) is 0. The van der Waals surface area contributed by atoms with Crippen molar-refractivity contribution >= 4 is 45.3 Å². The maximum Gasteiger partial charge on any atom is 0.117 e. The zero-order chi connectivity index (χ0) is 11.7. The highest BCUT2D eigenvalue weighted by atomic mass is 127. The van der Waals surface area contributed by atoms with E-state index in [-0.39, 0.29) is 0 Å². The van der Waals surface area contributed by atoms with Crippen LogP contribution in [0.3, 0.4) is 0 Å². The van der Waals surface area contributed by atoms with Gasteiger partial charge in [-0.15, -0.1) is 11.8 Å². The van der Waals surface area contributed by atoms with Crippen LogP contribution >= 0.6 is 34.4 Å². The summed E-state index contributed by atoms with van der Waals surface area (Å²) < 4.78 is 1.25. The van der Waals surface area contributed by atoms with Crippen LogP contribution in [-0.2, 0) is 0 Å². The summed E-state index contributed by atoms with van der Waals surface area (Å²) in [6, 6.07) is 6.37. The minimum atomic E-state index is 0.756. The summed E-state index contributed by atoms with van der Waals surface area (Å²) in [5.41, 5.74) is 1.06. The minimum Gasteiger partial charge on any atom is -0.236 e. The Balaban J connectivity index is 1.99. The van der Waals surface area contributed by atoms with Crippen molar-refractivity contribution in [1.29, 1.82) is 0 Å². The van der Waals surface area contributed by atoms with Gasteiger partial charge >= 0.3 is 0 Å². The Morgan fingerprint density at radius 2 is 2.00 bits per heavy atom. The van der Waals surface area contributed by atoms with Crippen LogP contribution in [0.1, 0.15) is 25.7 Å². The van der Waals surface area contributed by atoms with Gasteiger partial charge in [0.05, 0.1) is 5.52 Å². The molecule has 1 aromatic carbocycles. The highest BCUT2D eigenvalue weighted by Gasteiger charge is 2.18. The lowest BCUT2D eigenvalue weighted by molar-refractivity contribution is 0.886. The van der Waals surface area contributed by atoms with Crippen molar-refractivity contribution in [3.8, 4) is 0 Å². The number of halogens is 1. The smallest absolute Gasteiger partial charge is 0.117 e. The third-order valence-electron chi connectivity index (χ3n) is 3.14. The van der Waals surface area contributed by atoms with E-state index in [0.717, 1.165) is 15.8 Å². The van der Waals surface area contributed by atoms with Crippen molar-refractivity contribution in [2.45, 2.75) is 36.0 Å². The molecule has 1 heterocycles. The fourth-order valence-electron chi connectivity index (χ4n) is 2.26. The molecule has 0 spiro atoms. The van der Waals surface area contributed by atoms with Gasteiger partial charge in [0.25, 0.3) is 0 Å². The standard InChI is InChI=1S/C13H13IN2S/c14-9-5-6-12-11(7-9)13(16-8-15-12)17-10-3-1-2-4-10/h5-8,10H,1-4H2. The number of benzene rings is 1. The minimum absolute atomic E-state index is 0.756. The average molecular weight is 356 g/mol. The molecule has 1 saturated carbocycles. The van der Waals surface area contributed by atoms with E-state index in [1.54, 1.807) is 6.33 Å². The lowest BCUT2D eigenvalue weighted by atomic mass is 10.2. The normalized spacial score (nSPS) is 16.8. The summed E-state index contributed by atoms with van der Waals surface area (Å²) >= 11 is 4.28. The van der Waals surface area contributed by atoms with Crippen molar-refractivity contribution in [3.63, 3.8) is 0 Å². The second-order valence-electron chi connectivity index (χ2n) is 4.36. The molecule has 1 fully saturated rings. The van der Waals surface area contributed by atoms with Gasteiger partial charge in [0, 0.05) is 14.2 Å². The van der Waals surface area contributed by atoms with E-state index < -0.39 is 0 Å². The van der Waals surface area contributed by atoms with Gasteiger partial charge in [-0.2, -0.15) is 0 Å². The lowest BCUT2D eigenvalue weighted by Crippen LogP contribution is -1.96. The van der Waals surface area contributed by atoms with Gasteiger partial charge in [0.1, 0.15) is 11.4 Å². The Morgan fingerprint density at radius 1 is 1.18 bits per heavy atom. The van der Waals surface area contributed by atoms with Crippen LogP contribution < -0.4 is 0 Å². The molecule has 3 rings (SSSR count). The van der Waals surface area contributed by atoms with E-state index >= 15 is 0 Å². The van der Waals surface area contributed by atoms with E-state index in [4.69, 9.17) is 0 Å². The second kappa shape index (κ2) is 5.10. The summed E-state index contributed by atoms with van der Waals surface area (Å²) in [6.45, 7) is 0. The topological polar surface area (TPSA) is 25.8 Å². The highest BCUT2D eigenvalue weighted by Crippen LogP contribution is 2.36. The van der Waals surface area contributed by atoms with Gasteiger partial charge in [0.2, 0.25) is 0 Å². The zero-order valence-electron chi connectivity index (χ0n) is 9.40. The fraction of sp³-hybridized carbons (Fsp3) is 0.385. The van der Waals surface area contributed by atoms with Gasteiger partial charge in [0.15, 0.2) is 0 Å². The number of thioether (sulfide) groups is 1. The summed E-state index contributed by atoms with van der Waals surface area (Å²) in [4.78, 5) is 8.79. The molecule has 0 atom stereocenters. The van der Waals surface area contributed by atoms with Gasteiger partial charge in [-0.1, -0.05) is 12.8 Å². The summed E-state index contributed by atoms with van der Waals surface area (Å²) in [5, 5.41) is 3.11. The Labute approximate surface area is 119 Å². The van der Waals surface area contributed by atoms with Crippen molar-refractivity contribution in [2.24, 2.45) is 0 Å². The number of fused-ring (bicyclic) bond motifs is 1. The van der Waals surface area contributed by atoms with Crippen molar-refractivity contribution in [3.05, 3.63) is 28.1 Å². The molecule has 1 aliphatic rings. The first-order valence-electron chi connectivity index (χ1n) is 5.90. The molecule has 0 N–H and O–H groups in total. The van der Waals surface area contributed by atoms with Crippen LogP contribution in [0.25, 0.3) is 10.9 Å². The van der Waals surface area contributed by atoms with E-state index in [1.807, 2.05) is 11.8 Å². The van der Waals surface area contributed by atoms with Crippen molar-refractivity contribution in [1.82, 2.24) is 9.97 Å². The Morgan fingerprint density at radius 3 is 2.82 bits per heavy atom. The van der Waals surface area contributed by atoms with Gasteiger partial charge < -0.3 is 0 Å². The Bertz CT molecular complexity index is 538. The number of hydrogen-bond acceptors (Lipinski definition) is 3. The number of rotatable bonds is 2. The van der Waals surface area contributed by atoms with Crippen LogP contribution in [0.5, 0.6) is 0 Å². The molecule has 2 aromatic rings. The number of hydrogen-bond donors (Lipinski definition) is 0. The molecular weight excluding hydrogens is 343 g/mol. The maximum atomic E-state index is 4.46. The molecule has 0 aliphatic heterocycles. The Kier molecular flexibility index (Phi) is 3.51. The van der Waals surface area contributed by atoms with Gasteiger partial charge in [-0.25, -0.2) is 9.97 Å². The maximum absolute atomic E-state index is 4.46. The number of aromatic nitrogens is 2. The summed E-state index contributed by atoms with van der Waals surface area (Å²) in [7, 11) is 0. The van der Waals surface area contributed by atoms with Gasteiger partial charge in [-0.05, 0) is 53.6 Å². The molecule has 1 aromatic heterocycles. The fourth-order valence-corrected chi connectivity index (χ4v) is 4.04. The molecule has 0 bridgehead atoms. The van der Waals surface area contributed by atoms with E-state index in [2.05, 4.69) is 50.8 Å². The van der Waals surface area contributed by atoms with E-state index in [9.17, 15) is 0 Å². The molecule has 0 amide bonds. The number of nitrogens with zero attached hydrogens (tertiary/aromatic N) is 2. The highest BCUT2D eigenvalue weighted by molar-refractivity contribution is 14.1. The average Bonchev–Trinajstić information content (AvgIpc) is 2.83. The first-order valence-corrected chi connectivity index (χ1v) is 7.86. The lowest BCUT2D eigenvalue weighted by Gasteiger charge is -2.09. The van der Waals surface area contributed by atoms with Crippen LogP contribution in [-0.4, -0.2) is 15.2 Å². The SMILES string of the molecule is Ic1ccc2ncnc(SC3CCCC3)c2c1. The predicted molar refractivity (Wildman–Crippen MR) is 80.4 cm³/mol. The zero-order valence-corrected chi connectivity index (χ0v) is 12.4. The first-order chi connectivity index (χ1) is 8.33. The van der Waals surface area contributed by atoms with Gasteiger partial charge in [-0.3, -0.25) is 0 Å². The molecule has 4 heteroatoms. The molecule has 17 heavy (non-hydrogen) atoms. The molecule has 88 valence electrons. The quantitative estimate of drug-likeness (QED) is 0.594. The monoisotopic (exact) mass is 356 g/mol. The molecule has 0 saturated heterocycles. The molecular formula is C13H13IN2S. The predicted octanol–water partition coefficient (Wildman–Crippen LogP) is 4.27. The molecule has 0 radical (unpaired) electrons. The molecule has 1 aliphatic carbocycles. The Hall–Kier alpha value is -0.360. The first kappa shape index (κ1) is 11.7. The van der Waals surface area contributed by atoms with Crippen molar-refractivity contribution in [2.75, 3.05) is 0 Å². The van der Waals surface area contributed by atoms with Crippen molar-refractivity contribution < 1.29 is 0 Å². The van der Waals surface area contributed by atoms with Crippen LogP contribution in [0, 0.1) is 3.57 Å². The van der Waals surface area contributed by atoms with E-state index in [1.165, 1.54) is 34.6 Å². The molecule has 0 unspecified atom stereocenters. The third kappa shape index (κ3) is 2.57.